The fourth-order valence-corrected chi connectivity index (χ4v) is 5.98. The van der Waals surface area contributed by atoms with E-state index in [1.165, 1.54) is 35.2 Å². The van der Waals surface area contributed by atoms with Crippen molar-refractivity contribution in [3.05, 3.63) is 93.4 Å². The Hall–Kier alpha value is -2.78. The van der Waals surface area contributed by atoms with E-state index in [0.717, 1.165) is 4.31 Å². The van der Waals surface area contributed by atoms with Gasteiger partial charge in [-0.25, -0.2) is 8.42 Å². The van der Waals surface area contributed by atoms with Crippen molar-refractivity contribution >= 4 is 62.3 Å². The first-order chi connectivity index (χ1) is 19.0. The summed E-state index contributed by atoms with van der Waals surface area (Å²) in [6.45, 7) is 5.05. The van der Waals surface area contributed by atoms with Crippen LogP contribution in [0, 0.1) is 0 Å². The summed E-state index contributed by atoms with van der Waals surface area (Å²) in [5, 5.41) is 4.04. The van der Waals surface area contributed by atoms with E-state index in [0.29, 0.717) is 33.5 Å². The summed E-state index contributed by atoms with van der Waals surface area (Å²) in [5.74, 6) is -0.907. The van der Waals surface area contributed by atoms with Crippen LogP contribution in [-0.4, -0.2) is 43.8 Å². The minimum Gasteiger partial charge on any atom is -0.352 e. The third kappa shape index (κ3) is 7.91. The van der Waals surface area contributed by atoms with Gasteiger partial charge in [0.2, 0.25) is 11.8 Å². The zero-order chi connectivity index (χ0) is 29.4. The number of hydrogen-bond donors (Lipinski definition) is 1. The maximum absolute atomic E-state index is 14.1. The number of rotatable bonds is 12. The maximum Gasteiger partial charge on any atom is 0.264 e. The molecule has 0 aliphatic rings. The molecular weight excluding hydrogens is 593 g/mol. The van der Waals surface area contributed by atoms with Crippen molar-refractivity contribution in [2.24, 2.45) is 0 Å². The molecule has 0 aromatic heterocycles. The van der Waals surface area contributed by atoms with E-state index in [9.17, 15) is 18.0 Å². The molecule has 40 heavy (non-hydrogen) atoms. The van der Waals surface area contributed by atoms with Crippen molar-refractivity contribution in [3.63, 3.8) is 0 Å². The molecule has 7 nitrogen and oxygen atoms in total. The minimum absolute atomic E-state index is 0.00924. The molecule has 0 heterocycles. The topological polar surface area (TPSA) is 86.8 Å². The largest absolute Gasteiger partial charge is 0.352 e. The highest BCUT2D eigenvalue weighted by atomic mass is 35.5. The second-order valence-corrected chi connectivity index (χ2v) is 12.4. The summed E-state index contributed by atoms with van der Waals surface area (Å²) in [4.78, 5) is 28.7. The van der Waals surface area contributed by atoms with Crippen LogP contribution in [0.15, 0.2) is 77.7 Å². The van der Waals surface area contributed by atoms with Gasteiger partial charge in [-0.15, -0.1) is 0 Å². The molecule has 214 valence electrons. The summed E-state index contributed by atoms with van der Waals surface area (Å²) in [5.41, 5.74) is 0.827. The highest BCUT2D eigenvalue weighted by molar-refractivity contribution is 7.92. The van der Waals surface area contributed by atoms with Crippen molar-refractivity contribution < 1.29 is 18.0 Å². The number of hydrogen-bond acceptors (Lipinski definition) is 4. The average molecular weight is 625 g/mol. The molecule has 11 heteroatoms. The molecule has 3 aromatic rings. The molecule has 2 atom stereocenters. The number of halogens is 3. The van der Waals surface area contributed by atoms with E-state index in [2.05, 4.69) is 5.32 Å². The van der Waals surface area contributed by atoms with Gasteiger partial charge in [0.1, 0.15) is 12.6 Å². The summed E-state index contributed by atoms with van der Waals surface area (Å²) >= 11 is 18.6. The predicted octanol–water partition coefficient (Wildman–Crippen LogP) is 6.56. The smallest absolute Gasteiger partial charge is 0.264 e. The molecule has 0 fully saturated rings. The first-order valence-corrected chi connectivity index (χ1v) is 15.4. The molecule has 3 rings (SSSR count). The molecular formula is C29H32Cl3N3O4S. The number of sulfonamides is 1. The van der Waals surface area contributed by atoms with Gasteiger partial charge >= 0.3 is 0 Å². The van der Waals surface area contributed by atoms with Crippen LogP contribution >= 0.6 is 34.8 Å². The van der Waals surface area contributed by atoms with Crippen LogP contribution < -0.4 is 9.62 Å². The Morgan fingerprint density at radius 3 is 2.15 bits per heavy atom. The first-order valence-electron chi connectivity index (χ1n) is 12.8. The van der Waals surface area contributed by atoms with Gasteiger partial charge in [0.25, 0.3) is 10.0 Å². The second kappa shape index (κ2) is 14.2. The first kappa shape index (κ1) is 31.7. The lowest BCUT2D eigenvalue weighted by atomic mass is 10.1. The molecule has 1 N–H and O–H groups in total. The normalized spacial score (nSPS) is 12.8. The van der Waals surface area contributed by atoms with Gasteiger partial charge in [-0.3, -0.25) is 13.9 Å². The molecule has 2 amide bonds. The Morgan fingerprint density at radius 2 is 1.55 bits per heavy atom. The number of nitrogens with zero attached hydrogens (tertiary/aromatic N) is 2. The quantitative estimate of drug-likeness (QED) is 0.247. The van der Waals surface area contributed by atoms with Crippen molar-refractivity contribution in [1.29, 1.82) is 0 Å². The Labute approximate surface area is 251 Å². The van der Waals surface area contributed by atoms with E-state index in [1.54, 1.807) is 49.4 Å². The van der Waals surface area contributed by atoms with Crippen molar-refractivity contribution in [3.8, 4) is 0 Å². The molecule has 0 radical (unpaired) electrons. The molecule has 0 saturated carbocycles. The van der Waals surface area contributed by atoms with E-state index in [1.807, 2.05) is 13.8 Å². The summed E-state index contributed by atoms with van der Waals surface area (Å²) in [6.07, 6.45) is 1.02. The summed E-state index contributed by atoms with van der Waals surface area (Å²) < 4.78 is 28.7. The van der Waals surface area contributed by atoms with Gasteiger partial charge < -0.3 is 10.2 Å². The van der Waals surface area contributed by atoms with Crippen LogP contribution in [0.4, 0.5) is 5.69 Å². The fourth-order valence-electron chi connectivity index (χ4n) is 4.06. The predicted molar refractivity (Wildman–Crippen MR) is 161 cm³/mol. The van der Waals surface area contributed by atoms with Crippen molar-refractivity contribution in [2.45, 2.75) is 57.1 Å². The second-order valence-electron chi connectivity index (χ2n) is 9.30. The molecule has 0 aliphatic carbocycles. The van der Waals surface area contributed by atoms with Crippen molar-refractivity contribution in [2.75, 3.05) is 10.8 Å². The van der Waals surface area contributed by atoms with Gasteiger partial charge in [0, 0.05) is 27.7 Å². The molecule has 0 spiro atoms. The standard InChI is InChI=1S/C29H32Cl3N3O4S/c1-4-20(3)33-29(37)27(5-2)34(18-21-9-6-7-12-26(21)32)28(36)19-35(24-11-8-10-23(31)17-24)40(38,39)25-15-13-22(30)14-16-25/h6-17,20,27H,4-5,18-19H2,1-3H3,(H,33,37). The average Bonchev–Trinajstić information content (AvgIpc) is 2.92. The molecule has 2 unspecified atom stereocenters. The lowest BCUT2D eigenvalue weighted by Crippen LogP contribution is -2.53. The lowest BCUT2D eigenvalue weighted by Gasteiger charge is -2.34. The maximum atomic E-state index is 14.1. The van der Waals surface area contributed by atoms with E-state index in [4.69, 9.17) is 34.8 Å². The summed E-state index contributed by atoms with van der Waals surface area (Å²) in [7, 11) is -4.23. The summed E-state index contributed by atoms with van der Waals surface area (Å²) in [6, 6.07) is 17.9. The minimum atomic E-state index is -4.23. The van der Waals surface area contributed by atoms with Crippen LogP contribution in [0.3, 0.4) is 0 Å². The fraction of sp³-hybridized carbons (Fsp3) is 0.310. The van der Waals surface area contributed by atoms with Crippen LogP contribution in [0.1, 0.15) is 39.2 Å². The lowest BCUT2D eigenvalue weighted by molar-refractivity contribution is -0.140. The van der Waals surface area contributed by atoms with Crippen LogP contribution in [0.5, 0.6) is 0 Å². The molecule has 0 bridgehead atoms. The van der Waals surface area contributed by atoms with E-state index >= 15 is 0 Å². The van der Waals surface area contributed by atoms with Crippen LogP contribution in [0.2, 0.25) is 15.1 Å². The number of carbonyl (C=O) groups is 2. The third-order valence-electron chi connectivity index (χ3n) is 6.46. The van der Waals surface area contributed by atoms with Crippen LogP contribution in [-0.2, 0) is 26.2 Å². The van der Waals surface area contributed by atoms with E-state index in [-0.39, 0.29) is 29.1 Å². The van der Waals surface area contributed by atoms with Gasteiger partial charge in [-0.2, -0.15) is 0 Å². The monoisotopic (exact) mass is 623 g/mol. The number of amides is 2. The van der Waals surface area contributed by atoms with Gasteiger partial charge in [0.05, 0.1) is 10.6 Å². The van der Waals surface area contributed by atoms with Gasteiger partial charge in [0.15, 0.2) is 0 Å². The van der Waals surface area contributed by atoms with Crippen molar-refractivity contribution in [1.82, 2.24) is 10.2 Å². The number of anilines is 1. The Morgan fingerprint density at radius 1 is 0.875 bits per heavy atom. The highest BCUT2D eigenvalue weighted by Crippen LogP contribution is 2.28. The third-order valence-corrected chi connectivity index (χ3v) is 9.11. The number of benzene rings is 3. The molecule has 0 saturated heterocycles. The number of carbonyl (C=O) groups excluding carboxylic acids is 2. The Bertz CT molecular complexity index is 1430. The van der Waals surface area contributed by atoms with Gasteiger partial charge in [-0.05, 0) is 73.9 Å². The zero-order valence-corrected chi connectivity index (χ0v) is 25.6. The Balaban J connectivity index is 2.07. The zero-order valence-electron chi connectivity index (χ0n) is 22.5. The highest BCUT2D eigenvalue weighted by Gasteiger charge is 2.34. The van der Waals surface area contributed by atoms with E-state index < -0.39 is 28.5 Å². The molecule has 3 aromatic carbocycles. The van der Waals surface area contributed by atoms with Gasteiger partial charge in [-0.1, -0.05) is 72.9 Å². The Kier molecular flexibility index (Phi) is 11.3. The number of nitrogens with one attached hydrogen (secondary N) is 1. The van der Waals surface area contributed by atoms with Crippen LogP contribution in [0.25, 0.3) is 0 Å². The molecule has 0 aliphatic heterocycles. The SMILES string of the molecule is CCC(C)NC(=O)C(CC)N(Cc1ccccc1Cl)C(=O)CN(c1cccc(Cl)c1)S(=O)(=O)c1ccc(Cl)cc1.